The fourth-order valence-corrected chi connectivity index (χ4v) is 3.89. The summed E-state index contributed by atoms with van der Waals surface area (Å²) in [5.74, 6) is -3.16. The molecule has 1 N–H and O–H groups in total. The van der Waals surface area contributed by atoms with E-state index >= 15 is 0 Å². The van der Waals surface area contributed by atoms with E-state index in [1.165, 1.54) is 24.3 Å². The van der Waals surface area contributed by atoms with Crippen molar-refractivity contribution >= 4 is 16.9 Å². The maximum atomic E-state index is 13.9. The molecule has 0 radical (unpaired) electrons. The molecule has 0 fully saturated rings. The molecule has 0 bridgehead atoms. The van der Waals surface area contributed by atoms with Crippen LogP contribution < -0.4 is 4.74 Å². The Morgan fingerprint density at radius 1 is 1.03 bits per heavy atom. The second-order valence-corrected chi connectivity index (χ2v) is 8.30. The van der Waals surface area contributed by atoms with E-state index in [0.29, 0.717) is 23.0 Å². The molecule has 4 nitrogen and oxygen atoms in total. The molecule has 0 aliphatic carbocycles. The predicted octanol–water partition coefficient (Wildman–Crippen LogP) is 7.35. The number of nitrogens with one attached hydrogen (secondary N) is 1. The van der Waals surface area contributed by atoms with Gasteiger partial charge in [0.1, 0.15) is 5.75 Å². The van der Waals surface area contributed by atoms with Crippen LogP contribution in [0.5, 0.6) is 11.5 Å². The number of aromatic amines is 1. The maximum Gasteiger partial charge on any atom is 0.420 e. The van der Waals surface area contributed by atoms with Gasteiger partial charge in [-0.05, 0) is 59.9 Å². The summed E-state index contributed by atoms with van der Waals surface area (Å²) in [7, 11) is 0. The van der Waals surface area contributed by atoms with Gasteiger partial charge in [-0.25, -0.2) is 0 Å². The number of esters is 1. The van der Waals surface area contributed by atoms with E-state index in [-0.39, 0.29) is 23.7 Å². The number of hydrogen-bond donors (Lipinski definition) is 1. The highest BCUT2D eigenvalue weighted by molar-refractivity contribution is 5.85. The molecular formula is C24H19F6NO3. The van der Waals surface area contributed by atoms with Crippen LogP contribution in [0.1, 0.15) is 42.0 Å². The number of benzene rings is 2. The Hall–Kier alpha value is -3.43. The van der Waals surface area contributed by atoms with Crippen LogP contribution in [0, 0.1) is 5.92 Å². The molecule has 1 aromatic heterocycles. The molecule has 34 heavy (non-hydrogen) atoms. The van der Waals surface area contributed by atoms with Crippen LogP contribution in [-0.2, 0) is 28.3 Å². The molecule has 180 valence electrons. The number of alkyl halides is 6. The van der Waals surface area contributed by atoms with Crippen molar-refractivity contribution in [2.24, 2.45) is 5.92 Å². The van der Waals surface area contributed by atoms with Gasteiger partial charge in [0.05, 0.1) is 23.3 Å². The molecule has 0 spiro atoms. The third-order valence-electron chi connectivity index (χ3n) is 5.54. The number of halogens is 6. The highest BCUT2D eigenvalue weighted by atomic mass is 19.4. The standard InChI is InChI=1S/C24H19F6NO3/c1-12(2)17-11-31-20-4-3-15(10-16(17)20)34-21-18(23(25,26)27)8-13(9-19(21)24(28,29)30)7-14-5-6-33-22(14)32/h3-6,8-12,14,31H,7H2,1-2H3. The molecule has 0 amide bonds. The van der Waals surface area contributed by atoms with Crippen molar-refractivity contribution in [1.82, 2.24) is 4.98 Å². The molecule has 1 aliphatic rings. The van der Waals surface area contributed by atoms with Crippen molar-refractivity contribution in [3.05, 3.63) is 71.1 Å². The van der Waals surface area contributed by atoms with Crippen LogP contribution >= 0.6 is 0 Å². The number of hydrogen-bond acceptors (Lipinski definition) is 3. The summed E-state index contributed by atoms with van der Waals surface area (Å²) < 4.78 is 93.3. The minimum absolute atomic E-state index is 0.0658. The average Bonchev–Trinajstić information content (AvgIpc) is 3.33. The highest BCUT2D eigenvalue weighted by Gasteiger charge is 2.43. The van der Waals surface area contributed by atoms with E-state index in [1.807, 2.05) is 13.8 Å². The predicted molar refractivity (Wildman–Crippen MR) is 111 cm³/mol. The smallest absolute Gasteiger partial charge is 0.420 e. The quantitative estimate of drug-likeness (QED) is 0.305. The lowest BCUT2D eigenvalue weighted by atomic mass is 9.95. The second-order valence-electron chi connectivity index (χ2n) is 8.30. The lowest BCUT2D eigenvalue weighted by Crippen LogP contribution is -2.17. The summed E-state index contributed by atoms with van der Waals surface area (Å²) in [6.07, 6.45) is -6.58. The lowest BCUT2D eigenvalue weighted by molar-refractivity contribution is -0.145. The molecule has 4 rings (SSSR count). The SMILES string of the molecule is CC(C)c1c[nH]c2ccc(Oc3c(C(F)(F)F)cc(CC4C=COC4=O)cc3C(F)(F)F)cc12. The van der Waals surface area contributed by atoms with E-state index in [4.69, 9.17) is 4.74 Å². The van der Waals surface area contributed by atoms with E-state index < -0.39 is 41.1 Å². The Morgan fingerprint density at radius 3 is 2.21 bits per heavy atom. The summed E-state index contributed by atoms with van der Waals surface area (Å²) in [4.78, 5) is 14.7. The second kappa shape index (κ2) is 8.41. The van der Waals surface area contributed by atoms with Gasteiger partial charge < -0.3 is 14.5 Å². The van der Waals surface area contributed by atoms with Gasteiger partial charge in [-0.15, -0.1) is 0 Å². The first-order valence-corrected chi connectivity index (χ1v) is 10.3. The molecule has 1 unspecified atom stereocenters. The largest absolute Gasteiger partial charge is 0.456 e. The molecule has 1 aliphatic heterocycles. The van der Waals surface area contributed by atoms with Crippen LogP contribution in [-0.4, -0.2) is 11.0 Å². The molecule has 0 saturated heterocycles. The van der Waals surface area contributed by atoms with Gasteiger partial charge in [-0.3, -0.25) is 4.79 Å². The first-order valence-electron chi connectivity index (χ1n) is 10.3. The molecular weight excluding hydrogens is 464 g/mol. The van der Waals surface area contributed by atoms with Gasteiger partial charge in [0, 0.05) is 17.1 Å². The van der Waals surface area contributed by atoms with Crippen LogP contribution in [0.2, 0.25) is 0 Å². The van der Waals surface area contributed by atoms with Gasteiger partial charge in [0.25, 0.3) is 0 Å². The Morgan fingerprint density at radius 2 is 1.68 bits per heavy atom. The highest BCUT2D eigenvalue weighted by Crippen LogP contribution is 2.47. The number of carbonyl (C=O) groups excluding carboxylic acids is 1. The zero-order chi connectivity index (χ0) is 24.8. The van der Waals surface area contributed by atoms with Crippen molar-refractivity contribution in [2.45, 2.75) is 38.5 Å². The third kappa shape index (κ3) is 4.62. The molecule has 0 saturated carbocycles. The van der Waals surface area contributed by atoms with E-state index in [9.17, 15) is 31.1 Å². The summed E-state index contributed by atoms with van der Waals surface area (Å²) in [6.45, 7) is 3.82. The normalized spacial score (nSPS) is 16.5. The molecule has 2 heterocycles. The van der Waals surface area contributed by atoms with Crippen LogP contribution in [0.4, 0.5) is 26.3 Å². The Kier molecular flexibility index (Phi) is 5.87. The topological polar surface area (TPSA) is 51.3 Å². The summed E-state index contributed by atoms with van der Waals surface area (Å²) in [5.41, 5.74) is -1.95. The van der Waals surface area contributed by atoms with E-state index in [0.717, 1.165) is 11.8 Å². The first-order chi connectivity index (χ1) is 15.8. The van der Waals surface area contributed by atoms with Gasteiger partial charge >= 0.3 is 18.3 Å². The van der Waals surface area contributed by atoms with Crippen LogP contribution in [0.3, 0.4) is 0 Å². The summed E-state index contributed by atoms with van der Waals surface area (Å²) in [6, 6.07) is 5.41. The first kappa shape index (κ1) is 23.7. The van der Waals surface area contributed by atoms with Crippen LogP contribution in [0.25, 0.3) is 10.9 Å². The minimum Gasteiger partial charge on any atom is -0.456 e. The lowest BCUT2D eigenvalue weighted by Gasteiger charge is -2.21. The van der Waals surface area contributed by atoms with Gasteiger partial charge in [0.15, 0.2) is 5.75 Å². The number of cyclic esters (lactones) is 1. The number of aromatic nitrogens is 1. The Labute approximate surface area is 190 Å². The zero-order valence-electron chi connectivity index (χ0n) is 18.0. The summed E-state index contributed by atoms with van der Waals surface area (Å²) >= 11 is 0. The van der Waals surface area contributed by atoms with Gasteiger partial charge in [-0.2, -0.15) is 26.3 Å². The Bertz CT molecular complexity index is 1230. The average molecular weight is 483 g/mol. The zero-order valence-corrected chi connectivity index (χ0v) is 18.0. The Balaban J connectivity index is 1.83. The number of carbonyl (C=O) groups is 1. The van der Waals surface area contributed by atoms with Crippen LogP contribution in [0.15, 0.2) is 48.9 Å². The fourth-order valence-electron chi connectivity index (χ4n) is 3.89. The minimum atomic E-state index is -5.14. The van der Waals surface area contributed by atoms with Crippen molar-refractivity contribution in [3.8, 4) is 11.5 Å². The third-order valence-corrected chi connectivity index (χ3v) is 5.54. The van der Waals surface area contributed by atoms with Gasteiger partial charge in [0.2, 0.25) is 0 Å². The van der Waals surface area contributed by atoms with E-state index in [2.05, 4.69) is 9.72 Å². The molecule has 10 heteroatoms. The number of H-pyrrole nitrogens is 1. The van der Waals surface area contributed by atoms with Crippen molar-refractivity contribution < 1.29 is 40.6 Å². The maximum absolute atomic E-state index is 13.9. The number of ether oxygens (including phenoxy) is 2. The molecule has 3 aromatic rings. The van der Waals surface area contributed by atoms with Gasteiger partial charge in [-0.1, -0.05) is 13.8 Å². The summed E-state index contributed by atoms with van der Waals surface area (Å²) in [5, 5.41) is 0.637. The van der Waals surface area contributed by atoms with Crippen molar-refractivity contribution in [3.63, 3.8) is 0 Å². The monoisotopic (exact) mass is 483 g/mol. The van der Waals surface area contributed by atoms with Crippen molar-refractivity contribution in [2.75, 3.05) is 0 Å². The molecule has 2 aromatic carbocycles. The van der Waals surface area contributed by atoms with Crippen molar-refractivity contribution in [1.29, 1.82) is 0 Å². The van der Waals surface area contributed by atoms with E-state index in [1.54, 1.807) is 6.20 Å². The fraction of sp³-hybridized carbons (Fsp3) is 0.292. The molecule has 1 atom stereocenters. The number of fused-ring (bicyclic) bond motifs is 1. The number of rotatable bonds is 5.